The number of amides is 1. The number of H-pyrrole nitrogens is 1. The number of carbonyl (C=O) groups is 1. The van der Waals surface area contributed by atoms with Gasteiger partial charge in [-0.05, 0) is 42.3 Å². The Hall–Kier alpha value is -2.70. The Morgan fingerprint density at radius 1 is 1.19 bits per heavy atom. The SMILES string of the molecule is O=C(c1cc(-c2ccc(Cl)cc2)n[nH]1)N1C[C@@H](Cc2ccncc2)[C@@H](O)C1. The molecule has 2 aromatic heterocycles. The Morgan fingerprint density at radius 3 is 2.67 bits per heavy atom. The van der Waals surface area contributed by atoms with Crippen molar-refractivity contribution in [3.05, 3.63) is 71.1 Å². The lowest BCUT2D eigenvalue weighted by atomic mass is 9.97. The summed E-state index contributed by atoms with van der Waals surface area (Å²) in [5.41, 5.74) is 3.08. The molecule has 138 valence electrons. The van der Waals surface area contributed by atoms with Gasteiger partial charge >= 0.3 is 0 Å². The van der Waals surface area contributed by atoms with Gasteiger partial charge in [0.2, 0.25) is 0 Å². The number of aromatic amines is 1. The van der Waals surface area contributed by atoms with E-state index < -0.39 is 6.10 Å². The van der Waals surface area contributed by atoms with Gasteiger partial charge in [-0.1, -0.05) is 23.7 Å². The van der Waals surface area contributed by atoms with Gasteiger partial charge in [-0.2, -0.15) is 5.10 Å². The number of rotatable bonds is 4. The van der Waals surface area contributed by atoms with Gasteiger partial charge in [-0.25, -0.2) is 0 Å². The highest BCUT2D eigenvalue weighted by Gasteiger charge is 2.34. The summed E-state index contributed by atoms with van der Waals surface area (Å²) in [6.45, 7) is 0.835. The van der Waals surface area contributed by atoms with E-state index in [1.165, 1.54) is 0 Å². The van der Waals surface area contributed by atoms with Gasteiger partial charge in [-0.15, -0.1) is 0 Å². The number of carbonyl (C=O) groups excluding carboxylic acids is 1. The first-order chi connectivity index (χ1) is 13.1. The van der Waals surface area contributed by atoms with E-state index in [2.05, 4.69) is 15.2 Å². The van der Waals surface area contributed by atoms with Gasteiger partial charge < -0.3 is 10.0 Å². The van der Waals surface area contributed by atoms with Gasteiger partial charge in [0.1, 0.15) is 5.69 Å². The van der Waals surface area contributed by atoms with Crippen molar-refractivity contribution in [1.82, 2.24) is 20.1 Å². The van der Waals surface area contributed by atoms with Gasteiger partial charge in [0.25, 0.3) is 5.91 Å². The molecule has 1 amide bonds. The fourth-order valence-electron chi connectivity index (χ4n) is 3.41. The molecule has 27 heavy (non-hydrogen) atoms. The van der Waals surface area contributed by atoms with Gasteiger partial charge in [0, 0.05) is 42.0 Å². The lowest BCUT2D eigenvalue weighted by Crippen LogP contribution is -2.29. The molecule has 1 aliphatic heterocycles. The number of nitrogens with one attached hydrogen (secondary N) is 1. The zero-order valence-electron chi connectivity index (χ0n) is 14.5. The molecule has 6 nitrogen and oxygen atoms in total. The van der Waals surface area contributed by atoms with Crippen LogP contribution in [0.25, 0.3) is 11.3 Å². The fraction of sp³-hybridized carbons (Fsp3) is 0.250. The van der Waals surface area contributed by atoms with Crippen molar-refractivity contribution in [2.45, 2.75) is 12.5 Å². The molecule has 0 spiro atoms. The monoisotopic (exact) mass is 382 g/mol. The molecular formula is C20H19ClN4O2. The minimum Gasteiger partial charge on any atom is -0.391 e. The van der Waals surface area contributed by atoms with Crippen molar-refractivity contribution < 1.29 is 9.90 Å². The Morgan fingerprint density at radius 2 is 1.93 bits per heavy atom. The molecule has 0 unspecified atom stereocenters. The third-order valence-corrected chi connectivity index (χ3v) is 5.14. The highest BCUT2D eigenvalue weighted by Crippen LogP contribution is 2.24. The third-order valence-electron chi connectivity index (χ3n) is 4.89. The molecule has 0 aliphatic carbocycles. The Kier molecular flexibility index (Phi) is 4.92. The maximum absolute atomic E-state index is 12.8. The van der Waals surface area contributed by atoms with Crippen molar-refractivity contribution in [2.75, 3.05) is 13.1 Å². The first-order valence-corrected chi connectivity index (χ1v) is 9.15. The van der Waals surface area contributed by atoms with E-state index in [1.807, 2.05) is 24.3 Å². The van der Waals surface area contributed by atoms with Crippen molar-refractivity contribution in [3.63, 3.8) is 0 Å². The Balaban J connectivity index is 1.45. The third kappa shape index (κ3) is 3.86. The number of pyridine rings is 1. The average molecular weight is 383 g/mol. The molecule has 1 aliphatic rings. The van der Waals surface area contributed by atoms with Crippen LogP contribution in [-0.2, 0) is 6.42 Å². The van der Waals surface area contributed by atoms with Crippen molar-refractivity contribution in [1.29, 1.82) is 0 Å². The van der Waals surface area contributed by atoms with E-state index in [-0.39, 0.29) is 11.8 Å². The summed E-state index contributed by atoms with van der Waals surface area (Å²) in [6, 6.07) is 12.9. The van der Waals surface area contributed by atoms with Gasteiger partial charge in [0.15, 0.2) is 0 Å². The summed E-state index contributed by atoms with van der Waals surface area (Å²) in [5.74, 6) is -0.144. The molecule has 1 aromatic carbocycles. The standard InChI is InChI=1S/C20H19ClN4O2/c21-16-3-1-14(2-4-16)17-10-18(24-23-17)20(27)25-11-15(19(26)12-25)9-13-5-7-22-8-6-13/h1-8,10,15,19,26H,9,11-12H2,(H,23,24)/t15-,19+/m1/s1. The van der Waals surface area contributed by atoms with Crippen LogP contribution in [0.3, 0.4) is 0 Å². The normalized spacial score (nSPS) is 19.4. The number of aliphatic hydroxyl groups is 1. The van der Waals surface area contributed by atoms with E-state index in [0.29, 0.717) is 35.9 Å². The fourth-order valence-corrected chi connectivity index (χ4v) is 3.54. The molecule has 4 rings (SSSR count). The number of aromatic nitrogens is 3. The van der Waals surface area contributed by atoms with E-state index >= 15 is 0 Å². The Labute approximate surface area is 161 Å². The molecule has 3 aromatic rings. The number of likely N-dealkylation sites (tertiary alicyclic amines) is 1. The van der Waals surface area contributed by atoms with Crippen molar-refractivity contribution in [2.24, 2.45) is 5.92 Å². The largest absolute Gasteiger partial charge is 0.391 e. The number of hydrogen-bond acceptors (Lipinski definition) is 4. The summed E-state index contributed by atoms with van der Waals surface area (Å²) in [5, 5.41) is 18.1. The molecule has 3 heterocycles. The van der Waals surface area contributed by atoms with Crippen LogP contribution in [0.1, 0.15) is 16.1 Å². The number of nitrogens with zero attached hydrogens (tertiary/aromatic N) is 3. The van der Waals surface area contributed by atoms with Crippen LogP contribution >= 0.6 is 11.6 Å². The van der Waals surface area contributed by atoms with Gasteiger partial charge in [-0.3, -0.25) is 14.9 Å². The van der Waals surface area contributed by atoms with Gasteiger partial charge in [0.05, 0.1) is 11.8 Å². The van der Waals surface area contributed by atoms with Crippen LogP contribution < -0.4 is 0 Å². The molecule has 7 heteroatoms. The van der Waals surface area contributed by atoms with E-state index in [9.17, 15) is 9.90 Å². The van der Waals surface area contributed by atoms with Crippen LogP contribution in [-0.4, -0.2) is 50.3 Å². The van der Waals surface area contributed by atoms with Crippen LogP contribution in [0.2, 0.25) is 5.02 Å². The van der Waals surface area contributed by atoms with Crippen LogP contribution in [0.4, 0.5) is 0 Å². The molecule has 2 N–H and O–H groups in total. The summed E-state index contributed by atoms with van der Waals surface area (Å²) < 4.78 is 0. The Bertz CT molecular complexity index is 927. The van der Waals surface area contributed by atoms with Crippen LogP contribution in [0, 0.1) is 5.92 Å². The molecule has 2 atom stereocenters. The zero-order valence-corrected chi connectivity index (χ0v) is 15.3. The number of benzene rings is 1. The van der Waals surface area contributed by atoms with Crippen LogP contribution in [0.15, 0.2) is 54.9 Å². The summed E-state index contributed by atoms with van der Waals surface area (Å²) in [4.78, 5) is 18.5. The lowest BCUT2D eigenvalue weighted by molar-refractivity contribution is 0.0759. The highest BCUT2D eigenvalue weighted by atomic mass is 35.5. The van der Waals surface area contributed by atoms with Crippen molar-refractivity contribution >= 4 is 17.5 Å². The van der Waals surface area contributed by atoms with E-state index in [4.69, 9.17) is 11.6 Å². The first kappa shape index (κ1) is 17.7. The smallest absolute Gasteiger partial charge is 0.271 e. The second-order valence-corrected chi connectivity index (χ2v) is 7.21. The summed E-state index contributed by atoms with van der Waals surface area (Å²) in [6.07, 6.45) is 3.65. The molecule has 0 bridgehead atoms. The number of hydrogen-bond donors (Lipinski definition) is 2. The number of halogens is 1. The minimum atomic E-state index is -0.541. The average Bonchev–Trinajstić information content (AvgIpc) is 3.30. The summed E-state index contributed by atoms with van der Waals surface area (Å²) >= 11 is 5.91. The topological polar surface area (TPSA) is 82.1 Å². The summed E-state index contributed by atoms with van der Waals surface area (Å²) in [7, 11) is 0. The predicted molar refractivity (Wildman–Crippen MR) is 102 cm³/mol. The number of β-amino-alcohol motifs (C(OH)–C–C–N with tert-alkyl or cyclic N) is 1. The quantitative estimate of drug-likeness (QED) is 0.727. The maximum Gasteiger partial charge on any atom is 0.271 e. The predicted octanol–water partition coefficient (Wildman–Crippen LogP) is 2.80. The molecule has 0 radical (unpaired) electrons. The minimum absolute atomic E-state index is 0.00927. The van der Waals surface area contributed by atoms with E-state index in [0.717, 1.165) is 11.1 Å². The zero-order chi connectivity index (χ0) is 18.8. The highest BCUT2D eigenvalue weighted by molar-refractivity contribution is 6.30. The second-order valence-electron chi connectivity index (χ2n) is 6.77. The molecule has 1 saturated heterocycles. The molecule has 1 fully saturated rings. The number of aliphatic hydroxyl groups excluding tert-OH is 1. The van der Waals surface area contributed by atoms with E-state index in [1.54, 1.807) is 35.5 Å². The van der Waals surface area contributed by atoms with Crippen molar-refractivity contribution in [3.8, 4) is 11.3 Å². The lowest BCUT2D eigenvalue weighted by Gasteiger charge is -2.15. The molecular weight excluding hydrogens is 364 g/mol. The maximum atomic E-state index is 12.8. The van der Waals surface area contributed by atoms with Crippen LogP contribution in [0.5, 0.6) is 0 Å². The molecule has 0 saturated carbocycles. The second kappa shape index (κ2) is 7.50. The first-order valence-electron chi connectivity index (χ1n) is 8.78.